The molecule has 1 fully saturated rings. The Kier molecular flexibility index (Phi) is 6.14. The maximum Gasteiger partial charge on any atom is 0.251 e. The van der Waals surface area contributed by atoms with Crippen LogP contribution in [0.15, 0.2) is 24.3 Å². The number of hydrogen-bond donors (Lipinski definition) is 1. The van der Waals surface area contributed by atoms with Crippen molar-refractivity contribution in [2.24, 2.45) is 5.92 Å². The maximum atomic E-state index is 12.0. The largest absolute Gasteiger partial charge is 0.352 e. The van der Waals surface area contributed by atoms with Gasteiger partial charge >= 0.3 is 0 Å². The number of rotatable bonds is 4. The molecule has 1 aliphatic carbocycles. The van der Waals surface area contributed by atoms with Gasteiger partial charge in [-0.25, -0.2) is 0 Å². The summed E-state index contributed by atoms with van der Waals surface area (Å²) in [4.78, 5) is 12.0. The summed E-state index contributed by atoms with van der Waals surface area (Å²) >= 11 is 2.25. The van der Waals surface area contributed by atoms with Crippen molar-refractivity contribution >= 4 is 28.5 Å². The molecule has 0 saturated heterocycles. The minimum absolute atomic E-state index is 0.0602. The highest BCUT2D eigenvalue weighted by molar-refractivity contribution is 14.1. The molecule has 1 N–H and O–H groups in total. The number of amides is 1. The molecule has 0 radical (unpaired) electrons. The summed E-state index contributed by atoms with van der Waals surface area (Å²) in [5.74, 6) is 0.879. The molecule has 1 aromatic carbocycles. The summed E-state index contributed by atoms with van der Waals surface area (Å²) < 4.78 is 1.16. The average Bonchev–Trinajstić information content (AvgIpc) is 2.68. The molecule has 0 aromatic heterocycles. The molecule has 2 nitrogen and oxygen atoms in total. The summed E-state index contributed by atoms with van der Waals surface area (Å²) in [5.41, 5.74) is 0.765. The van der Waals surface area contributed by atoms with Crippen LogP contribution >= 0.6 is 22.6 Å². The van der Waals surface area contributed by atoms with Crippen molar-refractivity contribution in [3.8, 4) is 0 Å². The van der Waals surface area contributed by atoms with Gasteiger partial charge in [0, 0.05) is 15.7 Å². The zero-order valence-corrected chi connectivity index (χ0v) is 13.5. The first-order valence-electron chi connectivity index (χ1n) is 7.29. The highest BCUT2D eigenvalue weighted by Gasteiger charge is 2.12. The number of benzene rings is 1. The van der Waals surface area contributed by atoms with Crippen molar-refractivity contribution in [1.29, 1.82) is 0 Å². The molecule has 0 bridgehead atoms. The average molecular weight is 371 g/mol. The lowest BCUT2D eigenvalue weighted by Crippen LogP contribution is -2.25. The molecule has 104 valence electrons. The molecule has 2 rings (SSSR count). The van der Waals surface area contributed by atoms with Gasteiger partial charge in [-0.2, -0.15) is 0 Å². The van der Waals surface area contributed by atoms with Gasteiger partial charge in [0.15, 0.2) is 0 Å². The first-order valence-corrected chi connectivity index (χ1v) is 8.37. The molecule has 1 aliphatic rings. The van der Waals surface area contributed by atoms with E-state index in [2.05, 4.69) is 27.9 Å². The van der Waals surface area contributed by atoms with E-state index >= 15 is 0 Å². The van der Waals surface area contributed by atoms with Gasteiger partial charge in [-0.05, 0) is 59.2 Å². The minimum Gasteiger partial charge on any atom is -0.352 e. The molecule has 0 atom stereocenters. The topological polar surface area (TPSA) is 29.1 Å². The van der Waals surface area contributed by atoms with Gasteiger partial charge in [0.1, 0.15) is 0 Å². The lowest BCUT2D eigenvalue weighted by atomic mass is 9.97. The van der Waals surface area contributed by atoms with Gasteiger partial charge in [0.2, 0.25) is 0 Å². The van der Waals surface area contributed by atoms with Crippen molar-refractivity contribution < 1.29 is 4.79 Å². The third kappa shape index (κ3) is 5.13. The molecule has 19 heavy (non-hydrogen) atoms. The van der Waals surface area contributed by atoms with E-state index in [-0.39, 0.29) is 5.91 Å². The Morgan fingerprint density at radius 3 is 2.37 bits per heavy atom. The second kappa shape index (κ2) is 7.88. The molecule has 0 spiro atoms. The van der Waals surface area contributed by atoms with Crippen molar-refractivity contribution in [1.82, 2.24) is 5.32 Å². The van der Waals surface area contributed by atoms with Crippen LogP contribution in [-0.2, 0) is 0 Å². The van der Waals surface area contributed by atoms with E-state index in [0.717, 1.165) is 28.0 Å². The van der Waals surface area contributed by atoms with Crippen molar-refractivity contribution in [3.05, 3.63) is 33.4 Å². The SMILES string of the molecule is O=C(NCCC1CCCCCC1)c1ccc(I)cc1. The van der Waals surface area contributed by atoms with Crippen LogP contribution in [-0.4, -0.2) is 12.5 Å². The Morgan fingerprint density at radius 1 is 1.11 bits per heavy atom. The number of carbonyl (C=O) groups is 1. The fourth-order valence-electron chi connectivity index (χ4n) is 2.75. The van der Waals surface area contributed by atoms with E-state index in [1.54, 1.807) is 0 Å². The van der Waals surface area contributed by atoms with Gasteiger partial charge in [0.05, 0.1) is 0 Å². The third-order valence-electron chi connectivity index (χ3n) is 3.92. The highest BCUT2D eigenvalue weighted by atomic mass is 127. The lowest BCUT2D eigenvalue weighted by Gasteiger charge is -2.14. The summed E-state index contributed by atoms with van der Waals surface area (Å²) in [7, 11) is 0. The smallest absolute Gasteiger partial charge is 0.251 e. The fourth-order valence-corrected chi connectivity index (χ4v) is 3.11. The van der Waals surface area contributed by atoms with Crippen LogP contribution in [0.4, 0.5) is 0 Å². The minimum atomic E-state index is 0.0602. The Balaban J connectivity index is 1.72. The third-order valence-corrected chi connectivity index (χ3v) is 4.64. The molecule has 1 amide bonds. The van der Waals surface area contributed by atoms with Crippen LogP contribution in [0.2, 0.25) is 0 Å². The van der Waals surface area contributed by atoms with Crippen LogP contribution in [0.25, 0.3) is 0 Å². The summed E-state index contributed by atoms with van der Waals surface area (Å²) in [6, 6.07) is 7.73. The van der Waals surface area contributed by atoms with Crippen LogP contribution in [0.1, 0.15) is 55.3 Å². The van der Waals surface area contributed by atoms with Crippen LogP contribution < -0.4 is 5.32 Å². The van der Waals surface area contributed by atoms with E-state index in [1.807, 2.05) is 24.3 Å². The number of halogens is 1. The second-order valence-electron chi connectivity index (χ2n) is 5.41. The van der Waals surface area contributed by atoms with Gasteiger partial charge < -0.3 is 5.32 Å². The zero-order valence-electron chi connectivity index (χ0n) is 11.3. The van der Waals surface area contributed by atoms with Crippen LogP contribution in [0, 0.1) is 9.49 Å². The van der Waals surface area contributed by atoms with Gasteiger partial charge in [-0.15, -0.1) is 0 Å². The standard InChI is InChI=1S/C16H22INO/c17-15-9-7-14(8-10-15)16(19)18-12-11-13-5-3-1-2-4-6-13/h7-10,13H,1-6,11-12H2,(H,18,19). The van der Waals surface area contributed by atoms with E-state index < -0.39 is 0 Å². The van der Waals surface area contributed by atoms with E-state index in [0.29, 0.717) is 0 Å². The predicted molar refractivity (Wildman–Crippen MR) is 87.3 cm³/mol. The molecule has 0 aliphatic heterocycles. The van der Waals surface area contributed by atoms with Crippen molar-refractivity contribution in [2.45, 2.75) is 44.9 Å². The quantitative estimate of drug-likeness (QED) is 0.618. The predicted octanol–water partition coefficient (Wildman–Crippen LogP) is 4.38. The zero-order chi connectivity index (χ0) is 13.5. The van der Waals surface area contributed by atoms with Crippen LogP contribution in [0.3, 0.4) is 0 Å². The Bertz CT molecular complexity index is 394. The molecule has 1 aromatic rings. The summed E-state index contributed by atoms with van der Waals surface area (Å²) in [5, 5.41) is 3.04. The first-order chi connectivity index (χ1) is 9.25. The molecule has 0 unspecified atom stereocenters. The Hall–Kier alpha value is -0.580. The van der Waals surface area contributed by atoms with Crippen molar-refractivity contribution in [3.63, 3.8) is 0 Å². The van der Waals surface area contributed by atoms with Gasteiger partial charge in [0.25, 0.3) is 5.91 Å². The summed E-state index contributed by atoms with van der Waals surface area (Å²) in [6.07, 6.45) is 9.36. The molecular formula is C16H22INO. The second-order valence-corrected chi connectivity index (χ2v) is 6.65. The van der Waals surface area contributed by atoms with E-state index in [9.17, 15) is 4.79 Å². The molecular weight excluding hydrogens is 349 g/mol. The molecule has 1 saturated carbocycles. The molecule has 3 heteroatoms. The number of nitrogens with one attached hydrogen (secondary N) is 1. The normalized spacial score (nSPS) is 16.9. The summed E-state index contributed by atoms with van der Waals surface area (Å²) in [6.45, 7) is 0.815. The highest BCUT2D eigenvalue weighted by Crippen LogP contribution is 2.24. The monoisotopic (exact) mass is 371 g/mol. The van der Waals surface area contributed by atoms with Gasteiger partial charge in [-0.3, -0.25) is 4.79 Å². The van der Waals surface area contributed by atoms with E-state index in [1.165, 1.54) is 38.5 Å². The van der Waals surface area contributed by atoms with Gasteiger partial charge in [-0.1, -0.05) is 38.5 Å². The van der Waals surface area contributed by atoms with E-state index in [4.69, 9.17) is 0 Å². The number of hydrogen-bond acceptors (Lipinski definition) is 1. The number of carbonyl (C=O) groups excluding carboxylic acids is 1. The molecule has 0 heterocycles. The van der Waals surface area contributed by atoms with Crippen molar-refractivity contribution in [2.75, 3.05) is 6.54 Å². The maximum absolute atomic E-state index is 12.0. The first kappa shape index (κ1) is 14.8. The fraction of sp³-hybridized carbons (Fsp3) is 0.562. The Morgan fingerprint density at radius 2 is 1.74 bits per heavy atom. The Labute approximate surface area is 129 Å². The van der Waals surface area contributed by atoms with Crippen LogP contribution in [0.5, 0.6) is 0 Å². The lowest BCUT2D eigenvalue weighted by molar-refractivity contribution is 0.0951.